The van der Waals surface area contributed by atoms with Crippen LogP contribution in [0.1, 0.15) is 12.8 Å². The summed E-state index contributed by atoms with van der Waals surface area (Å²) in [4.78, 5) is 3.78. The minimum Gasteiger partial charge on any atom is -0.341 e. The molecule has 1 aromatic heterocycles. The van der Waals surface area contributed by atoms with Gasteiger partial charge in [0.2, 0.25) is 0 Å². The van der Waals surface area contributed by atoms with E-state index in [0.717, 1.165) is 0 Å². The molecule has 156 valence electrons. The molecule has 1 aromatic rings. The molecule has 0 aliphatic heterocycles. The van der Waals surface area contributed by atoms with Crippen molar-refractivity contribution in [3.8, 4) is 0 Å². The van der Waals surface area contributed by atoms with Gasteiger partial charge in [-0.2, -0.15) is 30.0 Å². The van der Waals surface area contributed by atoms with Gasteiger partial charge in [0.05, 0.1) is 6.33 Å². The molecule has 1 unspecified atom stereocenters. The molecule has 0 saturated carbocycles. The van der Waals surface area contributed by atoms with Crippen molar-refractivity contribution >= 4 is 66.6 Å². The molecule has 26 heavy (non-hydrogen) atoms. The topological polar surface area (TPSA) is 127 Å². The maximum atomic E-state index is 10.7. The molecule has 2 N–H and O–H groups in total. The van der Waals surface area contributed by atoms with Crippen LogP contribution in [0.5, 0.6) is 0 Å². The van der Waals surface area contributed by atoms with Gasteiger partial charge in [-0.3, -0.25) is 9.11 Å². The average molecular weight is 508 g/mol. The predicted molar refractivity (Wildman–Crippen MR) is 91.5 cm³/mol. The van der Waals surface area contributed by atoms with E-state index in [9.17, 15) is 21.6 Å². The van der Waals surface area contributed by atoms with E-state index >= 15 is 0 Å². The molecule has 0 bridgehead atoms. The van der Waals surface area contributed by atoms with Crippen LogP contribution in [0, 0.1) is 0 Å². The van der Waals surface area contributed by atoms with Crippen LogP contribution in [0.15, 0.2) is 18.7 Å². The highest BCUT2D eigenvalue weighted by molar-refractivity contribution is 7.87. The Hall–Kier alpha value is -0.0200. The van der Waals surface area contributed by atoms with Crippen molar-refractivity contribution in [1.82, 2.24) is 9.55 Å². The van der Waals surface area contributed by atoms with Crippen LogP contribution < -0.4 is 0 Å². The van der Waals surface area contributed by atoms with Crippen molar-refractivity contribution in [1.29, 1.82) is 0 Å². The standard InChI is InChI=1S/C4H6Cl4O3S.C4H6N2.CHF3O3S/c5-3(12(9,10)11)1-2-4(6,7)8;1-6-3-2-5-4-6;2-1(3,4)8(5,6)7/h3H,1-2H2,(H,9,10,11);2-4H,1H3;(H,5,6,7). The van der Waals surface area contributed by atoms with Gasteiger partial charge in [-0.15, -0.1) is 11.6 Å². The number of halogens is 7. The Morgan fingerprint density at radius 1 is 1.15 bits per heavy atom. The van der Waals surface area contributed by atoms with E-state index in [1.807, 2.05) is 17.8 Å². The molecule has 0 fully saturated rings. The Kier molecular flexibility index (Phi) is 12.0. The van der Waals surface area contributed by atoms with Gasteiger partial charge in [-0.25, -0.2) is 4.98 Å². The molecule has 0 amide bonds. The Morgan fingerprint density at radius 2 is 1.58 bits per heavy atom. The summed E-state index contributed by atoms with van der Waals surface area (Å²) in [5.74, 6) is 0. The molecule has 0 aliphatic carbocycles. The highest BCUT2D eigenvalue weighted by atomic mass is 35.6. The van der Waals surface area contributed by atoms with Crippen LogP contribution in [0.25, 0.3) is 0 Å². The highest BCUT2D eigenvalue weighted by Gasteiger charge is 2.44. The fourth-order valence-corrected chi connectivity index (χ4v) is 1.60. The Balaban J connectivity index is 0. The number of hydrogen-bond donors (Lipinski definition) is 2. The summed E-state index contributed by atoms with van der Waals surface area (Å²) in [5, 5.41) is 0. The second-order valence-electron chi connectivity index (χ2n) is 4.23. The Bertz CT molecular complexity index is 720. The van der Waals surface area contributed by atoms with Crippen molar-refractivity contribution in [3.05, 3.63) is 18.7 Å². The van der Waals surface area contributed by atoms with Crippen LogP contribution in [0.2, 0.25) is 0 Å². The first-order valence-corrected chi connectivity index (χ1v) is 10.4. The molecule has 1 rings (SSSR count). The zero-order valence-corrected chi connectivity index (χ0v) is 17.3. The second-order valence-corrected chi connectivity index (χ2v) is 10.5. The first-order chi connectivity index (χ1) is 11.3. The van der Waals surface area contributed by atoms with Crippen LogP contribution in [-0.4, -0.2) is 49.5 Å². The molecule has 0 radical (unpaired) electrons. The van der Waals surface area contributed by atoms with E-state index in [-0.39, 0.29) is 12.8 Å². The third-order valence-corrected chi connectivity index (χ3v) is 4.83. The van der Waals surface area contributed by atoms with Crippen molar-refractivity contribution in [2.75, 3.05) is 0 Å². The van der Waals surface area contributed by atoms with Gasteiger partial charge in [-0.1, -0.05) is 34.8 Å². The molecule has 0 spiro atoms. The number of hydrogen-bond acceptors (Lipinski definition) is 5. The van der Waals surface area contributed by atoms with E-state index in [0.29, 0.717) is 0 Å². The van der Waals surface area contributed by atoms with Gasteiger partial charge in [0.15, 0.2) is 8.50 Å². The molecule has 17 heteroatoms. The lowest BCUT2D eigenvalue weighted by Crippen LogP contribution is -2.21. The van der Waals surface area contributed by atoms with E-state index in [4.69, 9.17) is 63.9 Å². The van der Waals surface area contributed by atoms with Gasteiger partial charge in [-0.05, 0) is 12.8 Å². The van der Waals surface area contributed by atoms with Crippen LogP contribution in [0.3, 0.4) is 0 Å². The highest BCUT2D eigenvalue weighted by Crippen LogP contribution is 2.33. The molecule has 1 heterocycles. The molecule has 0 aromatic carbocycles. The van der Waals surface area contributed by atoms with Crippen molar-refractivity contribution < 1.29 is 39.1 Å². The fraction of sp³-hybridized carbons (Fsp3) is 0.667. The summed E-state index contributed by atoms with van der Waals surface area (Å²) in [7, 11) is -8.14. The maximum Gasteiger partial charge on any atom is 0.522 e. The largest absolute Gasteiger partial charge is 0.522 e. The SMILES string of the molecule is Cn1ccnc1.O=S(=O)(O)C(Cl)CCC(Cl)(Cl)Cl.O=S(=O)(O)C(F)(F)F. The van der Waals surface area contributed by atoms with E-state index < -0.39 is 34.2 Å². The molecule has 0 saturated heterocycles. The normalized spacial score (nSPS) is 13.8. The number of nitrogens with zero attached hydrogens (tertiary/aromatic N) is 2. The molecule has 8 nitrogen and oxygen atoms in total. The quantitative estimate of drug-likeness (QED) is 0.364. The van der Waals surface area contributed by atoms with Gasteiger partial charge < -0.3 is 4.57 Å². The number of aryl methyl sites for hydroxylation is 1. The smallest absolute Gasteiger partial charge is 0.341 e. The van der Waals surface area contributed by atoms with Gasteiger partial charge in [0, 0.05) is 19.4 Å². The van der Waals surface area contributed by atoms with Crippen LogP contribution in [0.4, 0.5) is 13.2 Å². The maximum absolute atomic E-state index is 10.7. The summed E-state index contributed by atoms with van der Waals surface area (Å²) in [5.41, 5.74) is -5.53. The third-order valence-electron chi connectivity index (χ3n) is 1.91. The zero-order valence-electron chi connectivity index (χ0n) is 12.6. The average Bonchev–Trinajstić information content (AvgIpc) is 2.84. The lowest BCUT2D eigenvalue weighted by molar-refractivity contribution is -0.0510. The lowest BCUT2D eigenvalue weighted by Gasteiger charge is -2.11. The summed E-state index contributed by atoms with van der Waals surface area (Å²) in [6.07, 6.45) is 5.24. The van der Waals surface area contributed by atoms with Gasteiger partial charge in [0.1, 0.15) is 0 Å². The van der Waals surface area contributed by atoms with Gasteiger partial charge >= 0.3 is 15.6 Å². The predicted octanol–water partition coefficient (Wildman–Crippen LogP) is 3.40. The number of imidazole rings is 1. The second kappa shape index (κ2) is 11.1. The third kappa shape index (κ3) is 16.2. The molecular formula is C9H13Cl4F3N2O6S2. The van der Waals surface area contributed by atoms with Crippen LogP contribution in [-0.2, 0) is 27.3 Å². The summed E-state index contributed by atoms with van der Waals surface area (Å²) >= 11 is 21.2. The lowest BCUT2D eigenvalue weighted by atomic mass is 10.4. The number of aromatic nitrogens is 2. The fourth-order valence-electron chi connectivity index (χ4n) is 0.752. The molecular weight excluding hydrogens is 495 g/mol. The monoisotopic (exact) mass is 506 g/mol. The summed E-state index contributed by atoms with van der Waals surface area (Å²) in [6, 6.07) is 0. The molecule has 1 atom stereocenters. The van der Waals surface area contributed by atoms with Crippen molar-refractivity contribution in [3.63, 3.8) is 0 Å². The van der Waals surface area contributed by atoms with Crippen molar-refractivity contribution in [2.45, 2.75) is 26.9 Å². The first-order valence-electron chi connectivity index (χ1n) is 5.90. The van der Waals surface area contributed by atoms with E-state index in [1.165, 1.54) is 0 Å². The first kappa shape index (κ1) is 28.2. The van der Waals surface area contributed by atoms with E-state index in [2.05, 4.69) is 4.98 Å². The van der Waals surface area contributed by atoms with Gasteiger partial charge in [0.25, 0.3) is 10.1 Å². The zero-order chi connectivity index (χ0) is 21.4. The minimum atomic E-state index is -5.84. The Morgan fingerprint density at radius 3 is 1.73 bits per heavy atom. The molecule has 0 aliphatic rings. The van der Waals surface area contributed by atoms with Crippen LogP contribution >= 0.6 is 46.4 Å². The summed E-state index contributed by atoms with van der Waals surface area (Å²) < 4.78 is 85.5. The van der Waals surface area contributed by atoms with E-state index in [1.54, 1.807) is 12.5 Å². The minimum absolute atomic E-state index is 0.0361. The number of rotatable bonds is 3. The summed E-state index contributed by atoms with van der Waals surface area (Å²) in [6.45, 7) is 0. The number of alkyl halides is 7. The van der Waals surface area contributed by atoms with Crippen molar-refractivity contribution in [2.24, 2.45) is 7.05 Å². The Labute approximate surface area is 167 Å².